The lowest BCUT2D eigenvalue weighted by atomic mass is 10.0. The molecule has 34 heavy (non-hydrogen) atoms. The van der Waals surface area contributed by atoms with Crippen LogP contribution in [-0.2, 0) is 16.0 Å². The Kier molecular flexibility index (Phi) is 18.6. The number of ether oxygens (including phenoxy) is 2. The molecular formula is C29H52N2O3. The molecule has 5 heteroatoms. The normalized spacial score (nSPS) is 11.5. The van der Waals surface area contributed by atoms with Gasteiger partial charge in [-0.15, -0.1) is 0 Å². The molecule has 0 aromatic heterocycles. The third kappa shape index (κ3) is 15.3. The second kappa shape index (κ2) is 20.8. The molecule has 0 atom stereocenters. The molecule has 0 spiro atoms. The minimum atomic E-state index is -0.501. The first-order chi connectivity index (χ1) is 16.6. The average Bonchev–Trinajstić information content (AvgIpc) is 2.85. The number of hydrogen-bond acceptors (Lipinski definition) is 5. The molecule has 1 rings (SSSR count). The zero-order chi connectivity index (χ0) is 24.9. The van der Waals surface area contributed by atoms with Crippen LogP contribution < -0.4 is 0 Å². The molecule has 0 unspecified atom stereocenters. The Morgan fingerprint density at radius 2 is 1.35 bits per heavy atom. The van der Waals surface area contributed by atoms with Crippen molar-refractivity contribution in [2.45, 2.75) is 105 Å². The Balaban J connectivity index is 2.50. The van der Waals surface area contributed by atoms with E-state index in [0.717, 1.165) is 58.4 Å². The lowest BCUT2D eigenvalue weighted by Crippen LogP contribution is -2.36. The van der Waals surface area contributed by atoms with E-state index in [9.17, 15) is 4.79 Å². The monoisotopic (exact) mass is 476 g/mol. The van der Waals surface area contributed by atoms with E-state index in [1.807, 2.05) is 6.07 Å². The molecule has 1 aromatic carbocycles. The van der Waals surface area contributed by atoms with Crippen LogP contribution in [0.25, 0.3) is 0 Å². The number of likely N-dealkylation sites (N-methyl/N-ethyl adjacent to an activating group) is 1. The molecule has 0 radical (unpaired) electrons. The van der Waals surface area contributed by atoms with E-state index < -0.39 is 6.16 Å². The molecule has 0 saturated heterocycles. The van der Waals surface area contributed by atoms with Crippen molar-refractivity contribution >= 4 is 6.16 Å². The van der Waals surface area contributed by atoms with Gasteiger partial charge in [-0.1, -0.05) is 96.6 Å². The summed E-state index contributed by atoms with van der Waals surface area (Å²) in [4.78, 5) is 17.3. The van der Waals surface area contributed by atoms with Crippen molar-refractivity contribution in [3.05, 3.63) is 35.9 Å². The first kappa shape index (κ1) is 30.4. The highest BCUT2D eigenvalue weighted by Crippen LogP contribution is 2.16. The Labute approximate surface area is 210 Å². The van der Waals surface area contributed by atoms with Gasteiger partial charge < -0.3 is 14.4 Å². The number of rotatable bonds is 21. The van der Waals surface area contributed by atoms with Crippen molar-refractivity contribution in [1.82, 2.24) is 9.80 Å². The minimum Gasteiger partial charge on any atom is -0.433 e. The van der Waals surface area contributed by atoms with Crippen LogP contribution in [-0.4, -0.2) is 61.4 Å². The summed E-state index contributed by atoms with van der Waals surface area (Å²) in [5.41, 5.74) is 1.28. The van der Waals surface area contributed by atoms with E-state index in [1.165, 1.54) is 44.1 Å². The van der Waals surface area contributed by atoms with Crippen molar-refractivity contribution < 1.29 is 14.3 Å². The van der Waals surface area contributed by atoms with Gasteiger partial charge in [0.2, 0.25) is 0 Å². The first-order valence-electron chi connectivity index (χ1n) is 13.9. The zero-order valence-corrected chi connectivity index (χ0v) is 22.6. The number of nitrogens with zero attached hydrogens (tertiary/aromatic N) is 2. The third-order valence-electron chi connectivity index (χ3n) is 6.53. The molecule has 0 amide bonds. The maximum Gasteiger partial charge on any atom is 0.508 e. The molecule has 0 fully saturated rings. The molecule has 0 bridgehead atoms. The van der Waals surface area contributed by atoms with Crippen LogP contribution in [0.15, 0.2) is 30.3 Å². The van der Waals surface area contributed by atoms with Gasteiger partial charge in [-0.05, 0) is 44.3 Å². The van der Waals surface area contributed by atoms with Crippen LogP contribution in [0, 0.1) is 0 Å². The quantitative estimate of drug-likeness (QED) is 0.138. The highest BCUT2D eigenvalue weighted by molar-refractivity contribution is 5.60. The predicted octanol–water partition coefficient (Wildman–Crippen LogP) is 7.29. The van der Waals surface area contributed by atoms with Crippen LogP contribution in [0.4, 0.5) is 4.79 Å². The fourth-order valence-electron chi connectivity index (χ4n) is 4.22. The summed E-state index contributed by atoms with van der Waals surface area (Å²) in [6.07, 6.45) is 11.0. The highest BCUT2D eigenvalue weighted by Gasteiger charge is 2.16. The van der Waals surface area contributed by atoms with E-state index >= 15 is 0 Å². The average molecular weight is 477 g/mol. The number of hydrogen-bond donors (Lipinski definition) is 0. The third-order valence-corrected chi connectivity index (χ3v) is 6.53. The summed E-state index contributed by atoms with van der Waals surface area (Å²) >= 11 is 0. The van der Waals surface area contributed by atoms with Gasteiger partial charge >= 0.3 is 6.16 Å². The summed E-state index contributed by atoms with van der Waals surface area (Å²) in [6, 6.07) is 10.5. The Bertz CT molecular complexity index is 580. The molecule has 0 heterocycles. The fraction of sp³-hybridized carbons (Fsp3) is 0.759. The van der Waals surface area contributed by atoms with Crippen molar-refractivity contribution in [2.24, 2.45) is 0 Å². The summed E-state index contributed by atoms with van der Waals surface area (Å²) in [6.45, 7) is 14.8. The molecule has 0 aliphatic heterocycles. The number of benzene rings is 1. The second-order valence-electron chi connectivity index (χ2n) is 9.33. The van der Waals surface area contributed by atoms with Crippen LogP contribution in [0.2, 0.25) is 0 Å². The standard InChI is InChI=1S/C29H52N2O3/c1-5-9-11-16-20-28(21-17-12-10-6-2)34-29(32)33-25-24-31(23-22-30(7-3)8-4)26-27-18-14-13-15-19-27/h13-15,18-19,28H,5-12,16-17,20-26H2,1-4H3. The lowest BCUT2D eigenvalue weighted by Gasteiger charge is -2.26. The van der Waals surface area contributed by atoms with Gasteiger partial charge in [0.25, 0.3) is 0 Å². The van der Waals surface area contributed by atoms with E-state index in [1.54, 1.807) is 0 Å². The van der Waals surface area contributed by atoms with Crippen molar-refractivity contribution in [2.75, 3.05) is 39.3 Å². The van der Waals surface area contributed by atoms with Gasteiger partial charge in [0.05, 0.1) is 0 Å². The zero-order valence-electron chi connectivity index (χ0n) is 22.6. The Morgan fingerprint density at radius 1 is 0.765 bits per heavy atom. The van der Waals surface area contributed by atoms with Crippen LogP contribution in [0.3, 0.4) is 0 Å². The smallest absolute Gasteiger partial charge is 0.433 e. The predicted molar refractivity (Wildman–Crippen MR) is 143 cm³/mol. The summed E-state index contributed by atoms with van der Waals surface area (Å²) < 4.78 is 11.3. The summed E-state index contributed by atoms with van der Waals surface area (Å²) in [5, 5.41) is 0. The number of unbranched alkanes of at least 4 members (excludes halogenated alkanes) is 6. The van der Waals surface area contributed by atoms with Gasteiger partial charge in [-0.3, -0.25) is 4.90 Å². The van der Waals surface area contributed by atoms with E-state index in [2.05, 4.69) is 61.8 Å². The largest absolute Gasteiger partial charge is 0.508 e. The first-order valence-corrected chi connectivity index (χ1v) is 13.9. The van der Waals surface area contributed by atoms with Gasteiger partial charge in [0.15, 0.2) is 0 Å². The Hall–Kier alpha value is -1.59. The van der Waals surface area contributed by atoms with Gasteiger partial charge in [0, 0.05) is 26.2 Å². The molecule has 0 N–H and O–H groups in total. The molecule has 0 aliphatic rings. The number of carbonyl (C=O) groups excluding carboxylic acids is 1. The maximum atomic E-state index is 12.5. The minimum absolute atomic E-state index is 0.00991. The fourth-order valence-corrected chi connectivity index (χ4v) is 4.22. The van der Waals surface area contributed by atoms with Crippen molar-refractivity contribution in [1.29, 1.82) is 0 Å². The maximum absolute atomic E-state index is 12.5. The lowest BCUT2D eigenvalue weighted by molar-refractivity contribution is 0.0113. The van der Waals surface area contributed by atoms with E-state index in [0.29, 0.717) is 13.2 Å². The summed E-state index contributed by atoms with van der Waals surface area (Å²) in [5.74, 6) is 0. The molecule has 0 aliphatic carbocycles. The van der Waals surface area contributed by atoms with Crippen LogP contribution in [0.5, 0.6) is 0 Å². The van der Waals surface area contributed by atoms with Gasteiger partial charge in [0.1, 0.15) is 12.7 Å². The van der Waals surface area contributed by atoms with Crippen molar-refractivity contribution in [3.63, 3.8) is 0 Å². The van der Waals surface area contributed by atoms with Gasteiger partial charge in [-0.2, -0.15) is 0 Å². The van der Waals surface area contributed by atoms with Crippen LogP contribution in [0.1, 0.15) is 97.5 Å². The van der Waals surface area contributed by atoms with E-state index in [4.69, 9.17) is 9.47 Å². The molecule has 196 valence electrons. The van der Waals surface area contributed by atoms with Gasteiger partial charge in [-0.25, -0.2) is 4.79 Å². The van der Waals surface area contributed by atoms with E-state index in [-0.39, 0.29) is 6.10 Å². The Morgan fingerprint density at radius 3 is 1.91 bits per heavy atom. The molecular weight excluding hydrogens is 424 g/mol. The second-order valence-corrected chi connectivity index (χ2v) is 9.33. The molecule has 1 aromatic rings. The van der Waals surface area contributed by atoms with Crippen molar-refractivity contribution in [3.8, 4) is 0 Å². The molecule has 0 saturated carbocycles. The number of carbonyl (C=O) groups is 1. The SMILES string of the molecule is CCCCCCC(CCCCCC)OC(=O)OCCN(CCN(CC)CC)Cc1ccccc1. The van der Waals surface area contributed by atoms with Crippen LogP contribution >= 0.6 is 0 Å². The summed E-state index contributed by atoms with van der Waals surface area (Å²) in [7, 11) is 0. The topological polar surface area (TPSA) is 42.0 Å². The highest BCUT2D eigenvalue weighted by atomic mass is 16.7. The molecule has 5 nitrogen and oxygen atoms in total.